The van der Waals surface area contributed by atoms with Crippen LogP contribution in [0.5, 0.6) is 0 Å². The van der Waals surface area contributed by atoms with Gasteiger partial charge in [-0.3, -0.25) is 4.68 Å². The van der Waals surface area contributed by atoms with Crippen LogP contribution in [0.3, 0.4) is 0 Å². The fourth-order valence-electron chi connectivity index (χ4n) is 0.912. The van der Waals surface area contributed by atoms with Gasteiger partial charge in [0.25, 0.3) is 0 Å². The van der Waals surface area contributed by atoms with Gasteiger partial charge in [-0.2, -0.15) is 5.10 Å². The summed E-state index contributed by atoms with van der Waals surface area (Å²) in [6.07, 6.45) is 2.19. The number of rotatable bonds is 3. The Morgan fingerprint density at radius 3 is 2.69 bits per heavy atom. The Morgan fingerprint density at radius 2 is 2.31 bits per heavy atom. The Kier molecular flexibility index (Phi) is 3.30. The van der Waals surface area contributed by atoms with Crippen LogP contribution in [0.15, 0.2) is 11.1 Å². The summed E-state index contributed by atoms with van der Waals surface area (Å²) in [4.78, 5) is 0.0987. The van der Waals surface area contributed by atoms with E-state index < -0.39 is 10.0 Å². The Bertz CT molecular complexity index is 398. The van der Waals surface area contributed by atoms with Gasteiger partial charge in [0.1, 0.15) is 8.60 Å². The number of hydrogen-bond donors (Lipinski definition) is 1. The van der Waals surface area contributed by atoms with E-state index in [-0.39, 0.29) is 4.90 Å². The first-order chi connectivity index (χ1) is 5.96. The molecule has 0 fully saturated rings. The SMILES string of the molecule is CCCn1ncc(S(N)(=O)=O)c1I. The summed E-state index contributed by atoms with van der Waals surface area (Å²) in [5, 5.41) is 8.90. The van der Waals surface area contributed by atoms with Crippen molar-refractivity contribution in [1.82, 2.24) is 9.78 Å². The first-order valence-corrected chi connectivity index (χ1v) is 6.33. The van der Waals surface area contributed by atoms with Crippen LogP contribution in [0.2, 0.25) is 0 Å². The van der Waals surface area contributed by atoms with Crippen LogP contribution in [0, 0.1) is 3.70 Å². The lowest BCUT2D eigenvalue weighted by molar-refractivity contribution is 0.582. The molecule has 5 nitrogen and oxygen atoms in total. The molecule has 7 heteroatoms. The van der Waals surface area contributed by atoms with Gasteiger partial charge in [-0.05, 0) is 29.0 Å². The van der Waals surface area contributed by atoms with Crippen molar-refractivity contribution in [1.29, 1.82) is 0 Å². The molecule has 0 aliphatic carbocycles. The summed E-state index contributed by atoms with van der Waals surface area (Å²) < 4.78 is 24.2. The van der Waals surface area contributed by atoms with Crippen molar-refractivity contribution in [3.8, 4) is 0 Å². The standard InChI is InChI=1S/C6H10IN3O2S/c1-2-3-10-6(7)5(4-9-10)13(8,11)12/h4H,2-3H2,1H3,(H2,8,11,12). The molecular weight excluding hydrogens is 305 g/mol. The van der Waals surface area contributed by atoms with Crippen molar-refractivity contribution >= 4 is 32.6 Å². The number of halogens is 1. The lowest BCUT2D eigenvalue weighted by atomic mass is 10.5. The second-order valence-corrected chi connectivity index (χ2v) is 5.12. The van der Waals surface area contributed by atoms with Crippen LogP contribution in [0.4, 0.5) is 0 Å². The number of sulfonamides is 1. The minimum atomic E-state index is -3.62. The second kappa shape index (κ2) is 3.93. The van der Waals surface area contributed by atoms with E-state index >= 15 is 0 Å². The Balaban J connectivity index is 3.14. The van der Waals surface area contributed by atoms with Crippen LogP contribution in [0.25, 0.3) is 0 Å². The van der Waals surface area contributed by atoms with E-state index in [1.54, 1.807) is 4.68 Å². The molecule has 0 aliphatic rings. The summed E-state index contributed by atoms with van der Waals surface area (Å²) in [7, 11) is -3.62. The number of nitrogens with two attached hydrogens (primary N) is 1. The third-order valence-electron chi connectivity index (χ3n) is 1.49. The van der Waals surface area contributed by atoms with Crippen LogP contribution in [-0.2, 0) is 16.6 Å². The fraction of sp³-hybridized carbons (Fsp3) is 0.500. The van der Waals surface area contributed by atoms with Gasteiger partial charge >= 0.3 is 0 Å². The fourth-order valence-corrected chi connectivity index (χ4v) is 2.87. The van der Waals surface area contributed by atoms with E-state index in [1.165, 1.54) is 6.20 Å². The molecule has 0 bridgehead atoms. The molecule has 13 heavy (non-hydrogen) atoms. The predicted octanol–water partition coefficient (Wildman–Crippen LogP) is 0.545. The van der Waals surface area contributed by atoms with E-state index in [0.717, 1.165) is 6.42 Å². The van der Waals surface area contributed by atoms with Crippen molar-refractivity contribution in [2.45, 2.75) is 24.8 Å². The van der Waals surface area contributed by atoms with E-state index in [4.69, 9.17) is 5.14 Å². The van der Waals surface area contributed by atoms with E-state index in [1.807, 2.05) is 29.5 Å². The highest BCUT2D eigenvalue weighted by Crippen LogP contribution is 2.15. The monoisotopic (exact) mass is 315 g/mol. The van der Waals surface area contributed by atoms with E-state index in [9.17, 15) is 8.42 Å². The van der Waals surface area contributed by atoms with Crippen LogP contribution in [0.1, 0.15) is 13.3 Å². The maximum Gasteiger partial charge on any atom is 0.242 e. The van der Waals surface area contributed by atoms with Gasteiger partial charge < -0.3 is 0 Å². The van der Waals surface area contributed by atoms with Gasteiger partial charge in [0.2, 0.25) is 10.0 Å². The van der Waals surface area contributed by atoms with Crippen molar-refractivity contribution in [2.24, 2.45) is 5.14 Å². The Labute approximate surface area is 90.5 Å². The molecule has 0 saturated carbocycles. The van der Waals surface area contributed by atoms with Gasteiger partial charge in [0.05, 0.1) is 6.20 Å². The molecule has 1 rings (SSSR count). The molecule has 0 aromatic carbocycles. The van der Waals surface area contributed by atoms with Crippen molar-refractivity contribution in [3.05, 3.63) is 9.90 Å². The lowest BCUT2D eigenvalue weighted by Gasteiger charge is -1.99. The maximum absolute atomic E-state index is 11.0. The number of aromatic nitrogens is 2. The molecule has 74 valence electrons. The summed E-state index contributed by atoms with van der Waals surface area (Å²) in [5.74, 6) is 0. The number of nitrogens with zero attached hydrogens (tertiary/aromatic N) is 2. The third kappa shape index (κ3) is 2.41. The molecule has 0 spiro atoms. The molecule has 1 aromatic heterocycles. The van der Waals surface area contributed by atoms with Crippen molar-refractivity contribution in [2.75, 3.05) is 0 Å². The summed E-state index contributed by atoms with van der Waals surface area (Å²) in [5.41, 5.74) is 0. The Hall–Kier alpha value is -0.150. The van der Waals surface area contributed by atoms with Gasteiger partial charge in [0, 0.05) is 6.54 Å². The summed E-state index contributed by atoms with van der Waals surface area (Å²) in [6.45, 7) is 2.70. The molecule has 0 amide bonds. The van der Waals surface area contributed by atoms with Gasteiger partial charge in [-0.25, -0.2) is 13.6 Å². The first kappa shape index (κ1) is 10.9. The van der Waals surface area contributed by atoms with Crippen LogP contribution in [-0.4, -0.2) is 18.2 Å². The average Bonchev–Trinajstić information content (AvgIpc) is 2.32. The Morgan fingerprint density at radius 1 is 1.69 bits per heavy atom. The zero-order valence-corrected chi connectivity index (χ0v) is 10.0. The lowest BCUT2D eigenvalue weighted by Crippen LogP contribution is -2.13. The predicted molar refractivity (Wildman–Crippen MR) is 56.6 cm³/mol. The van der Waals surface area contributed by atoms with Gasteiger partial charge in [-0.1, -0.05) is 6.92 Å². The summed E-state index contributed by atoms with van der Waals surface area (Å²) >= 11 is 1.93. The van der Waals surface area contributed by atoms with E-state index in [0.29, 0.717) is 10.2 Å². The topological polar surface area (TPSA) is 78.0 Å². The zero-order valence-electron chi connectivity index (χ0n) is 7.07. The molecule has 0 aliphatic heterocycles. The molecular formula is C6H10IN3O2S. The minimum Gasteiger partial charge on any atom is -0.258 e. The average molecular weight is 315 g/mol. The molecule has 2 N–H and O–H groups in total. The van der Waals surface area contributed by atoms with Gasteiger partial charge in [0.15, 0.2) is 0 Å². The first-order valence-electron chi connectivity index (χ1n) is 3.71. The molecule has 0 saturated heterocycles. The highest BCUT2D eigenvalue weighted by molar-refractivity contribution is 14.1. The molecule has 0 radical (unpaired) electrons. The van der Waals surface area contributed by atoms with Gasteiger partial charge in [-0.15, -0.1) is 0 Å². The molecule has 1 aromatic rings. The molecule has 0 unspecified atom stereocenters. The quantitative estimate of drug-likeness (QED) is 0.827. The highest BCUT2D eigenvalue weighted by atomic mass is 127. The van der Waals surface area contributed by atoms with Crippen molar-refractivity contribution < 1.29 is 8.42 Å². The smallest absolute Gasteiger partial charge is 0.242 e. The maximum atomic E-state index is 11.0. The van der Waals surface area contributed by atoms with Crippen molar-refractivity contribution in [3.63, 3.8) is 0 Å². The zero-order chi connectivity index (χ0) is 10.1. The van der Waals surface area contributed by atoms with E-state index in [2.05, 4.69) is 5.10 Å². The summed E-state index contributed by atoms with van der Waals surface area (Å²) in [6, 6.07) is 0. The molecule has 0 atom stereocenters. The normalized spacial score (nSPS) is 11.9. The number of hydrogen-bond acceptors (Lipinski definition) is 3. The third-order valence-corrected chi connectivity index (χ3v) is 3.90. The largest absolute Gasteiger partial charge is 0.258 e. The number of aryl methyl sites for hydroxylation is 1. The minimum absolute atomic E-state index is 0.0987. The number of primary sulfonamides is 1. The van der Waals surface area contributed by atoms with Crippen LogP contribution >= 0.6 is 22.6 Å². The highest BCUT2D eigenvalue weighted by Gasteiger charge is 2.16. The molecule has 1 heterocycles. The second-order valence-electron chi connectivity index (χ2n) is 2.57. The van der Waals surface area contributed by atoms with Crippen LogP contribution < -0.4 is 5.14 Å².